The van der Waals surface area contributed by atoms with Crippen LogP contribution in [0.2, 0.25) is 0 Å². The molecule has 170 valence electrons. The first-order valence-electron chi connectivity index (χ1n) is 9.27. The first kappa shape index (κ1) is 23.4. The zero-order valence-corrected chi connectivity index (χ0v) is 17.9. The molecule has 2 aromatic carbocycles. The van der Waals surface area contributed by atoms with Crippen LogP contribution in [-0.2, 0) is 18.0 Å². The van der Waals surface area contributed by atoms with E-state index >= 15 is 0 Å². The normalized spacial score (nSPS) is 11.4. The number of nitrogens with zero attached hydrogens (tertiary/aromatic N) is 3. The van der Waals surface area contributed by atoms with Gasteiger partial charge in [0.2, 0.25) is 5.95 Å². The standard InChI is InChI=1S/C17H11F3N4O2S.C3H9NO/c1-24-12-5-2-8(14(25)26)6-11(12)21-15(24)23-16-22-10-4-3-9(17(18,19)20)7-13(10)27-16;1-5-3-2-4/h2-7H,1H3,(H,25,26)(H,21,22,23);2-4H2,1H3. The lowest BCUT2D eigenvalue weighted by atomic mass is 10.2. The number of imidazole rings is 1. The van der Waals surface area contributed by atoms with E-state index in [1.807, 2.05) is 0 Å². The summed E-state index contributed by atoms with van der Waals surface area (Å²) in [6.45, 7) is 1.29. The van der Waals surface area contributed by atoms with Crippen LogP contribution in [-0.4, -0.2) is 45.9 Å². The van der Waals surface area contributed by atoms with Crippen molar-refractivity contribution >= 4 is 49.6 Å². The van der Waals surface area contributed by atoms with Crippen molar-refractivity contribution < 1.29 is 27.8 Å². The lowest BCUT2D eigenvalue weighted by molar-refractivity contribution is -0.137. The molecule has 4 rings (SSSR count). The Morgan fingerprint density at radius 2 is 1.97 bits per heavy atom. The molecule has 0 aliphatic rings. The summed E-state index contributed by atoms with van der Waals surface area (Å²) in [5.41, 5.74) is 6.05. The van der Waals surface area contributed by atoms with E-state index in [-0.39, 0.29) is 5.56 Å². The summed E-state index contributed by atoms with van der Waals surface area (Å²) in [4.78, 5) is 19.7. The van der Waals surface area contributed by atoms with E-state index in [9.17, 15) is 18.0 Å². The number of hydrogen-bond donors (Lipinski definition) is 3. The quantitative estimate of drug-likeness (QED) is 0.402. The highest BCUT2D eigenvalue weighted by Gasteiger charge is 2.30. The molecule has 0 spiro atoms. The minimum absolute atomic E-state index is 0.117. The average molecular weight is 467 g/mol. The molecule has 0 saturated carbocycles. The molecule has 0 amide bonds. The molecule has 12 heteroatoms. The number of fused-ring (bicyclic) bond motifs is 2. The van der Waals surface area contributed by atoms with Crippen molar-refractivity contribution in [3.05, 3.63) is 47.5 Å². The number of aromatic carboxylic acids is 1. The number of halogens is 3. The van der Waals surface area contributed by atoms with Crippen LogP contribution in [0, 0.1) is 0 Å². The molecule has 2 aromatic heterocycles. The van der Waals surface area contributed by atoms with Gasteiger partial charge < -0.3 is 25.5 Å². The second-order valence-corrected chi connectivity index (χ2v) is 7.64. The Bertz CT molecular complexity index is 1250. The van der Waals surface area contributed by atoms with E-state index in [0.717, 1.165) is 23.5 Å². The molecule has 8 nitrogen and oxygen atoms in total. The molecule has 4 aromatic rings. The number of methoxy groups -OCH3 is 1. The summed E-state index contributed by atoms with van der Waals surface area (Å²) in [5, 5.41) is 12.5. The molecule has 0 atom stereocenters. The molecular formula is C20H20F3N5O3S. The Labute approximate surface area is 184 Å². The second-order valence-electron chi connectivity index (χ2n) is 6.61. The molecule has 0 fully saturated rings. The Morgan fingerprint density at radius 3 is 2.56 bits per heavy atom. The summed E-state index contributed by atoms with van der Waals surface area (Å²) < 4.78 is 45.2. The van der Waals surface area contributed by atoms with Gasteiger partial charge in [-0.2, -0.15) is 13.2 Å². The number of nitrogens with one attached hydrogen (secondary N) is 1. The van der Waals surface area contributed by atoms with Gasteiger partial charge in [0.1, 0.15) is 0 Å². The largest absolute Gasteiger partial charge is 0.478 e. The summed E-state index contributed by atoms with van der Waals surface area (Å²) >= 11 is 1.08. The SMILES string of the molecule is COCCN.Cn1c(Nc2nc3ccc(C(F)(F)F)cc3s2)nc2cc(C(=O)O)ccc21. The third-order valence-corrected chi connectivity index (χ3v) is 5.32. The number of alkyl halides is 3. The van der Waals surface area contributed by atoms with Gasteiger partial charge in [0.05, 0.1) is 39.0 Å². The maximum Gasteiger partial charge on any atom is 0.416 e. The number of benzene rings is 2. The zero-order chi connectivity index (χ0) is 23.5. The van der Waals surface area contributed by atoms with Crippen LogP contribution in [0.1, 0.15) is 15.9 Å². The fourth-order valence-corrected chi connectivity index (χ4v) is 3.71. The number of carboxylic acids is 1. The number of thiazole rings is 1. The number of hydrogen-bond acceptors (Lipinski definition) is 7. The van der Waals surface area contributed by atoms with Crippen LogP contribution in [0.3, 0.4) is 0 Å². The van der Waals surface area contributed by atoms with Crippen molar-refractivity contribution in [1.29, 1.82) is 0 Å². The van der Waals surface area contributed by atoms with E-state index in [1.54, 1.807) is 24.8 Å². The Hall–Kier alpha value is -3.22. The van der Waals surface area contributed by atoms with E-state index in [4.69, 9.17) is 10.8 Å². The molecule has 0 saturated heterocycles. The lowest BCUT2D eigenvalue weighted by Crippen LogP contribution is -2.05. The highest BCUT2D eigenvalue weighted by atomic mass is 32.1. The van der Waals surface area contributed by atoms with Gasteiger partial charge in [0.15, 0.2) is 5.13 Å². The summed E-state index contributed by atoms with van der Waals surface area (Å²) in [5.74, 6) is -0.647. The predicted octanol–water partition coefficient (Wildman–Crippen LogP) is 4.24. The van der Waals surface area contributed by atoms with E-state index < -0.39 is 17.7 Å². The molecule has 0 aliphatic heterocycles. The fourth-order valence-electron chi connectivity index (χ4n) is 2.81. The van der Waals surface area contributed by atoms with Gasteiger partial charge in [-0.3, -0.25) is 0 Å². The summed E-state index contributed by atoms with van der Waals surface area (Å²) in [7, 11) is 3.38. The highest BCUT2D eigenvalue weighted by molar-refractivity contribution is 7.22. The highest BCUT2D eigenvalue weighted by Crippen LogP contribution is 2.35. The number of nitrogens with two attached hydrogens (primary N) is 1. The molecule has 2 heterocycles. The number of carbonyl (C=O) groups is 1. The Morgan fingerprint density at radius 1 is 1.22 bits per heavy atom. The maximum absolute atomic E-state index is 12.8. The van der Waals surface area contributed by atoms with Crippen molar-refractivity contribution in [3.8, 4) is 0 Å². The van der Waals surface area contributed by atoms with Gasteiger partial charge in [-0.25, -0.2) is 14.8 Å². The maximum atomic E-state index is 12.8. The summed E-state index contributed by atoms with van der Waals surface area (Å²) in [6.07, 6.45) is -4.41. The van der Waals surface area contributed by atoms with Crippen molar-refractivity contribution in [2.45, 2.75) is 6.18 Å². The zero-order valence-electron chi connectivity index (χ0n) is 17.1. The van der Waals surface area contributed by atoms with Crippen molar-refractivity contribution in [1.82, 2.24) is 14.5 Å². The third kappa shape index (κ3) is 5.15. The third-order valence-electron chi connectivity index (χ3n) is 4.38. The average Bonchev–Trinajstić information content (AvgIpc) is 3.28. The number of carboxylic acid groups (broad SMARTS) is 1. The van der Waals surface area contributed by atoms with Gasteiger partial charge in [0, 0.05) is 20.7 Å². The van der Waals surface area contributed by atoms with E-state index in [1.165, 1.54) is 18.2 Å². The van der Waals surface area contributed by atoms with Crippen LogP contribution >= 0.6 is 11.3 Å². The van der Waals surface area contributed by atoms with Gasteiger partial charge in [-0.05, 0) is 36.4 Å². The minimum Gasteiger partial charge on any atom is -0.478 e. The number of aromatic nitrogens is 3. The molecule has 0 aliphatic carbocycles. The van der Waals surface area contributed by atoms with Gasteiger partial charge in [0.25, 0.3) is 0 Å². The van der Waals surface area contributed by atoms with Crippen LogP contribution in [0.25, 0.3) is 21.3 Å². The Kier molecular flexibility index (Phi) is 6.96. The number of rotatable bonds is 5. The number of ether oxygens (including phenoxy) is 1. The number of aryl methyl sites for hydroxylation is 1. The van der Waals surface area contributed by atoms with Crippen LogP contribution < -0.4 is 11.1 Å². The first-order chi connectivity index (χ1) is 15.1. The van der Waals surface area contributed by atoms with Crippen molar-refractivity contribution in [2.75, 3.05) is 25.6 Å². The smallest absolute Gasteiger partial charge is 0.416 e. The second kappa shape index (κ2) is 9.51. The Balaban J connectivity index is 0.000000523. The van der Waals surface area contributed by atoms with E-state index in [0.29, 0.717) is 45.5 Å². The van der Waals surface area contributed by atoms with Crippen LogP contribution in [0.5, 0.6) is 0 Å². The van der Waals surface area contributed by atoms with Crippen LogP contribution in [0.4, 0.5) is 24.3 Å². The number of anilines is 2. The molecule has 32 heavy (non-hydrogen) atoms. The van der Waals surface area contributed by atoms with Crippen molar-refractivity contribution in [2.24, 2.45) is 12.8 Å². The molecule has 0 bridgehead atoms. The lowest BCUT2D eigenvalue weighted by Gasteiger charge is -2.04. The van der Waals surface area contributed by atoms with Gasteiger partial charge in [-0.15, -0.1) is 0 Å². The molecule has 4 N–H and O–H groups in total. The predicted molar refractivity (Wildman–Crippen MR) is 117 cm³/mol. The fraction of sp³-hybridized carbons (Fsp3) is 0.250. The van der Waals surface area contributed by atoms with Crippen molar-refractivity contribution in [3.63, 3.8) is 0 Å². The van der Waals surface area contributed by atoms with E-state index in [2.05, 4.69) is 20.0 Å². The summed E-state index contributed by atoms with van der Waals surface area (Å²) in [6, 6.07) is 7.96. The van der Waals surface area contributed by atoms with Gasteiger partial charge in [-0.1, -0.05) is 11.3 Å². The minimum atomic E-state index is -4.41. The van der Waals surface area contributed by atoms with Crippen LogP contribution in [0.15, 0.2) is 36.4 Å². The molecule has 0 unspecified atom stereocenters. The molecular weight excluding hydrogens is 447 g/mol. The monoisotopic (exact) mass is 467 g/mol. The van der Waals surface area contributed by atoms with Gasteiger partial charge >= 0.3 is 12.1 Å². The first-order valence-corrected chi connectivity index (χ1v) is 10.1. The topological polar surface area (TPSA) is 115 Å². The molecule has 0 radical (unpaired) electrons.